The minimum Gasteiger partial charge on any atom is -0.333 e. The quantitative estimate of drug-likeness (QED) is 0.838. The summed E-state index contributed by atoms with van der Waals surface area (Å²) < 4.78 is 37.8. The van der Waals surface area contributed by atoms with E-state index in [1.807, 2.05) is 30.3 Å². The van der Waals surface area contributed by atoms with E-state index in [-0.39, 0.29) is 18.6 Å². The minimum absolute atomic E-state index is 0.193. The molecule has 0 saturated carbocycles. The highest BCUT2D eigenvalue weighted by Gasteiger charge is 2.51. The average molecular weight is 312 g/mol. The fourth-order valence-electron chi connectivity index (χ4n) is 3.72. The molecule has 3 rings (SSSR count). The van der Waals surface area contributed by atoms with Crippen LogP contribution in [0.1, 0.15) is 24.8 Å². The molecule has 1 spiro atoms. The van der Waals surface area contributed by atoms with Gasteiger partial charge in [-0.25, -0.2) is 0 Å². The van der Waals surface area contributed by atoms with Crippen molar-refractivity contribution in [1.82, 2.24) is 9.80 Å². The lowest BCUT2D eigenvalue weighted by Gasteiger charge is -2.35. The summed E-state index contributed by atoms with van der Waals surface area (Å²) in [6.45, 7) is 2.00. The Labute approximate surface area is 127 Å². The standard InChI is InChI=1S/C16H19F3N2O/c17-16(18,19)14(22)20-10-8-15(12-20)7-4-9-21(15)11-13-5-2-1-3-6-13/h1-3,5-6H,4,7-12H2/t15-/m1/s1. The summed E-state index contributed by atoms with van der Waals surface area (Å²) >= 11 is 0. The third-order valence-electron chi connectivity index (χ3n) is 4.82. The zero-order valence-corrected chi connectivity index (χ0v) is 12.3. The molecular formula is C16H19F3N2O. The van der Waals surface area contributed by atoms with Crippen LogP contribution < -0.4 is 0 Å². The van der Waals surface area contributed by atoms with E-state index in [0.717, 1.165) is 36.4 Å². The third kappa shape index (κ3) is 2.84. The summed E-state index contributed by atoms with van der Waals surface area (Å²) in [5.74, 6) is -1.70. The molecule has 0 aliphatic carbocycles. The molecule has 1 aromatic carbocycles. The van der Waals surface area contributed by atoms with E-state index >= 15 is 0 Å². The van der Waals surface area contributed by atoms with Crippen LogP contribution in [0.25, 0.3) is 0 Å². The molecule has 2 saturated heterocycles. The highest BCUT2D eigenvalue weighted by atomic mass is 19.4. The molecule has 0 aromatic heterocycles. The lowest BCUT2D eigenvalue weighted by molar-refractivity contribution is -0.184. The number of amides is 1. The highest BCUT2D eigenvalue weighted by Crippen LogP contribution is 2.39. The van der Waals surface area contributed by atoms with E-state index < -0.39 is 12.1 Å². The lowest BCUT2D eigenvalue weighted by atomic mass is 9.95. The number of nitrogens with zero attached hydrogens (tertiary/aromatic N) is 2. The van der Waals surface area contributed by atoms with Gasteiger partial charge >= 0.3 is 12.1 Å². The van der Waals surface area contributed by atoms with Crippen molar-refractivity contribution in [2.24, 2.45) is 0 Å². The number of carbonyl (C=O) groups excluding carboxylic acids is 1. The van der Waals surface area contributed by atoms with Crippen LogP contribution in [0.3, 0.4) is 0 Å². The average Bonchev–Trinajstić information content (AvgIpc) is 3.07. The van der Waals surface area contributed by atoms with Crippen molar-refractivity contribution in [2.45, 2.75) is 37.5 Å². The molecule has 1 aromatic rings. The lowest BCUT2D eigenvalue weighted by Crippen LogP contribution is -2.48. The van der Waals surface area contributed by atoms with Crippen LogP contribution in [-0.4, -0.2) is 47.1 Å². The first-order valence-corrected chi connectivity index (χ1v) is 7.56. The molecule has 0 radical (unpaired) electrons. The highest BCUT2D eigenvalue weighted by molar-refractivity contribution is 5.82. The molecular weight excluding hydrogens is 293 g/mol. The Kier molecular flexibility index (Phi) is 3.89. The Morgan fingerprint density at radius 2 is 1.86 bits per heavy atom. The molecule has 1 amide bonds. The van der Waals surface area contributed by atoms with Crippen LogP contribution >= 0.6 is 0 Å². The number of hydrogen-bond acceptors (Lipinski definition) is 2. The molecule has 0 bridgehead atoms. The second-order valence-electron chi connectivity index (χ2n) is 6.21. The summed E-state index contributed by atoms with van der Waals surface area (Å²) in [5.41, 5.74) is 0.876. The van der Waals surface area contributed by atoms with Crippen LogP contribution in [0.5, 0.6) is 0 Å². The van der Waals surface area contributed by atoms with Gasteiger partial charge in [0, 0.05) is 25.2 Å². The Hall–Kier alpha value is -1.56. The maximum atomic E-state index is 12.6. The maximum absolute atomic E-state index is 12.6. The normalized spacial score (nSPS) is 26.0. The first-order valence-electron chi connectivity index (χ1n) is 7.56. The molecule has 22 heavy (non-hydrogen) atoms. The molecule has 3 nitrogen and oxygen atoms in total. The Morgan fingerprint density at radius 1 is 1.14 bits per heavy atom. The Bertz CT molecular complexity index is 546. The molecule has 0 unspecified atom stereocenters. The van der Waals surface area contributed by atoms with Gasteiger partial charge in [0.1, 0.15) is 0 Å². The van der Waals surface area contributed by atoms with Crippen LogP contribution in [0.4, 0.5) is 13.2 Å². The van der Waals surface area contributed by atoms with Gasteiger partial charge in [0.15, 0.2) is 0 Å². The van der Waals surface area contributed by atoms with Gasteiger partial charge in [-0.05, 0) is 31.4 Å². The summed E-state index contributed by atoms with van der Waals surface area (Å²) in [6, 6.07) is 9.93. The molecule has 2 fully saturated rings. The van der Waals surface area contributed by atoms with E-state index in [1.165, 1.54) is 0 Å². The number of hydrogen-bond donors (Lipinski definition) is 0. The number of likely N-dealkylation sites (tertiary alicyclic amines) is 2. The first-order chi connectivity index (χ1) is 10.4. The van der Waals surface area contributed by atoms with Gasteiger partial charge in [0.05, 0.1) is 0 Å². The summed E-state index contributed by atoms with van der Waals surface area (Å²) in [6.07, 6.45) is -2.31. The van der Waals surface area contributed by atoms with E-state index in [0.29, 0.717) is 6.42 Å². The Balaban J connectivity index is 1.72. The zero-order valence-electron chi connectivity index (χ0n) is 12.3. The number of alkyl halides is 3. The number of rotatable bonds is 2. The zero-order chi connectivity index (χ0) is 15.8. The second-order valence-corrected chi connectivity index (χ2v) is 6.21. The summed E-state index contributed by atoms with van der Waals surface area (Å²) in [4.78, 5) is 14.7. The molecule has 120 valence electrons. The van der Waals surface area contributed by atoms with E-state index in [9.17, 15) is 18.0 Å². The van der Waals surface area contributed by atoms with Gasteiger partial charge in [0.25, 0.3) is 0 Å². The van der Waals surface area contributed by atoms with Crippen molar-refractivity contribution >= 4 is 5.91 Å². The molecule has 1 atom stereocenters. The van der Waals surface area contributed by atoms with Gasteiger partial charge in [-0.2, -0.15) is 13.2 Å². The van der Waals surface area contributed by atoms with Crippen LogP contribution in [0, 0.1) is 0 Å². The first kappa shape index (κ1) is 15.3. The fourth-order valence-corrected chi connectivity index (χ4v) is 3.72. The van der Waals surface area contributed by atoms with Crippen molar-refractivity contribution in [2.75, 3.05) is 19.6 Å². The van der Waals surface area contributed by atoms with Crippen LogP contribution in [0.15, 0.2) is 30.3 Å². The van der Waals surface area contributed by atoms with Gasteiger partial charge in [-0.3, -0.25) is 9.69 Å². The summed E-state index contributed by atoms with van der Waals surface area (Å²) in [5, 5.41) is 0. The Morgan fingerprint density at radius 3 is 2.55 bits per heavy atom. The number of halogens is 3. The summed E-state index contributed by atoms with van der Waals surface area (Å²) in [7, 11) is 0. The third-order valence-corrected chi connectivity index (χ3v) is 4.82. The molecule has 6 heteroatoms. The molecule has 2 aliphatic heterocycles. The monoisotopic (exact) mass is 312 g/mol. The molecule has 2 aliphatic rings. The van der Waals surface area contributed by atoms with Crippen molar-refractivity contribution in [1.29, 1.82) is 0 Å². The van der Waals surface area contributed by atoms with Crippen molar-refractivity contribution in [3.63, 3.8) is 0 Å². The fraction of sp³-hybridized carbons (Fsp3) is 0.562. The van der Waals surface area contributed by atoms with Gasteiger partial charge in [-0.15, -0.1) is 0 Å². The van der Waals surface area contributed by atoms with Crippen molar-refractivity contribution in [3.8, 4) is 0 Å². The van der Waals surface area contributed by atoms with Gasteiger partial charge < -0.3 is 4.90 Å². The smallest absolute Gasteiger partial charge is 0.333 e. The maximum Gasteiger partial charge on any atom is 0.471 e. The van der Waals surface area contributed by atoms with Gasteiger partial charge in [-0.1, -0.05) is 30.3 Å². The van der Waals surface area contributed by atoms with E-state index in [2.05, 4.69) is 4.90 Å². The largest absolute Gasteiger partial charge is 0.471 e. The van der Waals surface area contributed by atoms with Crippen LogP contribution in [0.2, 0.25) is 0 Å². The van der Waals surface area contributed by atoms with E-state index in [4.69, 9.17) is 0 Å². The molecule has 0 N–H and O–H groups in total. The minimum atomic E-state index is -4.77. The van der Waals surface area contributed by atoms with Crippen molar-refractivity contribution < 1.29 is 18.0 Å². The number of carbonyl (C=O) groups is 1. The van der Waals surface area contributed by atoms with Gasteiger partial charge in [0.2, 0.25) is 0 Å². The van der Waals surface area contributed by atoms with Crippen LogP contribution in [-0.2, 0) is 11.3 Å². The predicted molar refractivity (Wildman–Crippen MR) is 76.1 cm³/mol. The second kappa shape index (κ2) is 5.57. The van der Waals surface area contributed by atoms with E-state index in [1.54, 1.807) is 0 Å². The number of benzene rings is 1. The topological polar surface area (TPSA) is 23.6 Å². The SMILES string of the molecule is O=C(N1CC[C@]2(CCCN2Cc2ccccc2)C1)C(F)(F)F. The van der Waals surface area contributed by atoms with Crippen molar-refractivity contribution in [3.05, 3.63) is 35.9 Å². The molecule has 2 heterocycles. The predicted octanol–water partition coefficient (Wildman–Crippen LogP) is 2.82.